The van der Waals surface area contributed by atoms with Crippen molar-refractivity contribution in [2.75, 3.05) is 0 Å². The molecule has 0 amide bonds. The molecule has 0 aliphatic heterocycles. The van der Waals surface area contributed by atoms with Crippen LogP contribution in [0.25, 0.3) is 0 Å². The summed E-state index contributed by atoms with van der Waals surface area (Å²) < 4.78 is 11.2. The van der Waals surface area contributed by atoms with E-state index in [1.165, 1.54) is 16.7 Å². The molecule has 2 aromatic carbocycles. The Bertz CT molecular complexity index is 941. The minimum Gasteiger partial charge on any atom is -0.469 e. The van der Waals surface area contributed by atoms with Crippen molar-refractivity contribution in [3.05, 3.63) is 94.9 Å². The SMILES string of the molecule is O=C(OCc1coc(Cc2ccccc2)c1)[C@H]1[C@@H]2Cc3ccccc3[C@@H]21. The van der Waals surface area contributed by atoms with E-state index < -0.39 is 0 Å². The minimum atomic E-state index is -0.0692. The molecule has 1 aromatic heterocycles. The Balaban J connectivity index is 1.17. The number of benzene rings is 2. The summed E-state index contributed by atoms with van der Waals surface area (Å²) in [6.45, 7) is 0.286. The number of esters is 1. The predicted molar refractivity (Wildman–Crippen MR) is 97.6 cm³/mol. The van der Waals surface area contributed by atoms with Gasteiger partial charge in [-0.15, -0.1) is 0 Å². The fraction of sp³-hybridized carbons (Fsp3) is 0.261. The molecule has 0 saturated heterocycles. The second-order valence-electron chi connectivity index (χ2n) is 7.31. The first-order chi connectivity index (χ1) is 12.8. The number of ether oxygens (including phenoxy) is 1. The van der Waals surface area contributed by atoms with E-state index in [9.17, 15) is 4.79 Å². The zero-order chi connectivity index (χ0) is 17.5. The number of rotatable bonds is 5. The average Bonchev–Trinajstić information content (AvgIpc) is 3.00. The van der Waals surface area contributed by atoms with Gasteiger partial charge < -0.3 is 9.15 Å². The molecule has 0 radical (unpaired) electrons. The van der Waals surface area contributed by atoms with E-state index in [1.807, 2.05) is 24.3 Å². The normalized spacial score (nSPS) is 22.5. The van der Waals surface area contributed by atoms with E-state index in [-0.39, 0.29) is 18.5 Å². The van der Waals surface area contributed by atoms with Gasteiger partial charge in [-0.2, -0.15) is 0 Å². The summed E-state index contributed by atoms with van der Waals surface area (Å²) >= 11 is 0. The third kappa shape index (κ3) is 2.74. The topological polar surface area (TPSA) is 39.4 Å². The van der Waals surface area contributed by atoms with Crippen molar-refractivity contribution in [2.24, 2.45) is 11.8 Å². The van der Waals surface area contributed by atoms with Crippen LogP contribution in [0, 0.1) is 11.8 Å². The van der Waals surface area contributed by atoms with Gasteiger partial charge in [0.15, 0.2) is 0 Å². The number of hydrogen-bond acceptors (Lipinski definition) is 3. The summed E-state index contributed by atoms with van der Waals surface area (Å²) in [6, 6.07) is 20.6. The predicted octanol–water partition coefficient (Wildman–Crippen LogP) is 4.50. The molecule has 2 aliphatic carbocycles. The Morgan fingerprint density at radius 3 is 2.73 bits per heavy atom. The van der Waals surface area contributed by atoms with Crippen molar-refractivity contribution < 1.29 is 13.9 Å². The average molecular weight is 344 g/mol. The Labute approximate surface area is 152 Å². The Kier molecular flexibility index (Phi) is 3.66. The van der Waals surface area contributed by atoms with Gasteiger partial charge in [-0.1, -0.05) is 54.6 Å². The third-order valence-electron chi connectivity index (χ3n) is 5.62. The molecular formula is C23H20O3. The molecule has 130 valence electrons. The Hall–Kier alpha value is -2.81. The van der Waals surface area contributed by atoms with E-state index in [0.29, 0.717) is 11.8 Å². The molecule has 0 bridgehead atoms. The fourth-order valence-corrected chi connectivity index (χ4v) is 4.31. The van der Waals surface area contributed by atoms with E-state index >= 15 is 0 Å². The maximum Gasteiger partial charge on any atom is 0.310 e. The van der Waals surface area contributed by atoms with Crippen LogP contribution < -0.4 is 0 Å². The first-order valence-corrected chi connectivity index (χ1v) is 9.14. The molecule has 0 unspecified atom stereocenters. The highest BCUT2D eigenvalue weighted by Gasteiger charge is 2.60. The lowest BCUT2D eigenvalue weighted by Crippen LogP contribution is -2.11. The molecule has 3 atom stereocenters. The van der Waals surface area contributed by atoms with E-state index in [0.717, 1.165) is 24.2 Å². The summed E-state index contributed by atoms with van der Waals surface area (Å²) in [7, 11) is 0. The summed E-state index contributed by atoms with van der Waals surface area (Å²) in [5.41, 5.74) is 4.85. The van der Waals surface area contributed by atoms with E-state index in [1.54, 1.807) is 6.26 Å². The second-order valence-corrected chi connectivity index (χ2v) is 7.31. The van der Waals surface area contributed by atoms with Gasteiger partial charge in [-0.3, -0.25) is 4.79 Å². The van der Waals surface area contributed by atoms with Gasteiger partial charge in [0.2, 0.25) is 0 Å². The molecule has 3 heteroatoms. The van der Waals surface area contributed by atoms with Crippen LogP contribution >= 0.6 is 0 Å². The van der Waals surface area contributed by atoms with Gasteiger partial charge in [-0.25, -0.2) is 0 Å². The number of carbonyl (C=O) groups is 1. The van der Waals surface area contributed by atoms with Gasteiger partial charge in [-0.05, 0) is 35.1 Å². The number of hydrogen-bond donors (Lipinski definition) is 0. The van der Waals surface area contributed by atoms with Crippen molar-refractivity contribution in [3.63, 3.8) is 0 Å². The highest BCUT2D eigenvalue weighted by Crippen LogP contribution is 2.61. The van der Waals surface area contributed by atoms with Crippen molar-refractivity contribution >= 4 is 5.97 Å². The summed E-state index contributed by atoms with van der Waals surface area (Å²) in [6.07, 6.45) is 3.44. The van der Waals surface area contributed by atoms with Crippen molar-refractivity contribution in [1.29, 1.82) is 0 Å². The van der Waals surface area contributed by atoms with Crippen LogP contribution in [0.1, 0.15) is 33.9 Å². The smallest absolute Gasteiger partial charge is 0.310 e. The molecule has 3 nitrogen and oxygen atoms in total. The Morgan fingerprint density at radius 2 is 1.85 bits per heavy atom. The zero-order valence-electron chi connectivity index (χ0n) is 14.4. The largest absolute Gasteiger partial charge is 0.469 e. The quantitative estimate of drug-likeness (QED) is 0.640. The lowest BCUT2D eigenvalue weighted by molar-refractivity contribution is -0.147. The number of fused-ring (bicyclic) bond motifs is 3. The molecule has 1 heterocycles. The first kappa shape index (κ1) is 15.4. The number of carbonyl (C=O) groups excluding carboxylic acids is 1. The summed E-state index contributed by atoms with van der Waals surface area (Å²) in [4.78, 5) is 12.4. The van der Waals surface area contributed by atoms with Crippen LogP contribution in [0.5, 0.6) is 0 Å². The van der Waals surface area contributed by atoms with E-state index in [4.69, 9.17) is 9.15 Å². The van der Waals surface area contributed by atoms with Crippen molar-refractivity contribution in [2.45, 2.75) is 25.4 Å². The first-order valence-electron chi connectivity index (χ1n) is 9.14. The van der Waals surface area contributed by atoms with Gasteiger partial charge in [0.25, 0.3) is 0 Å². The molecule has 1 saturated carbocycles. The van der Waals surface area contributed by atoms with Crippen LogP contribution in [0.2, 0.25) is 0 Å². The molecular weight excluding hydrogens is 324 g/mol. The highest BCUT2D eigenvalue weighted by atomic mass is 16.5. The minimum absolute atomic E-state index is 0.0422. The van der Waals surface area contributed by atoms with Gasteiger partial charge in [0.1, 0.15) is 12.4 Å². The van der Waals surface area contributed by atoms with Crippen LogP contribution in [-0.2, 0) is 29.0 Å². The monoisotopic (exact) mass is 344 g/mol. The lowest BCUT2D eigenvalue weighted by atomic mass is 10.0. The molecule has 3 aromatic rings. The molecule has 0 N–H and O–H groups in total. The van der Waals surface area contributed by atoms with E-state index in [2.05, 4.69) is 36.4 Å². The van der Waals surface area contributed by atoms with Crippen molar-refractivity contribution in [1.82, 2.24) is 0 Å². The second kappa shape index (κ2) is 6.17. The van der Waals surface area contributed by atoms with Crippen LogP contribution in [0.15, 0.2) is 71.3 Å². The number of furan rings is 1. The Morgan fingerprint density at radius 1 is 1.04 bits per heavy atom. The maximum absolute atomic E-state index is 12.4. The van der Waals surface area contributed by atoms with Crippen LogP contribution in [0.4, 0.5) is 0 Å². The van der Waals surface area contributed by atoms with Gasteiger partial charge in [0.05, 0.1) is 12.2 Å². The molecule has 26 heavy (non-hydrogen) atoms. The standard InChI is InChI=1S/C23H20O3/c24-23(22-20-12-17-8-4-5-9-19(17)21(20)22)26-14-16-11-18(25-13-16)10-15-6-2-1-3-7-15/h1-9,11,13,20-22H,10,12,14H2/t20-,21+,22+/m1/s1. The highest BCUT2D eigenvalue weighted by molar-refractivity contribution is 5.79. The summed E-state index contributed by atoms with van der Waals surface area (Å²) in [5, 5.41) is 0. The van der Waals surface area contributed by atoms with Crippen LogP contribution in [-0.4, -0.2) is 5.97 Å². The molecule has 1 fully saturated rings. The molecule has 0 spiro atoms. The fourth-order valence-electron chi connectivity index (χ4n) is 4.31. The van der Waals surface area contributed by atoms with Crippen molar-refractivity contribution in [3.8, 4) is 0 Å². The summed E-state index contributed by atoms with van der Waals surface area (Å²) in [5.74, 6) is 1.68. The van der Waals surface area contributed by atoms with Crippen LogP contribution in [0.3, 0.4) is 0 Å². The third-order valence-corrected chi connectivity index (χ3v) is 5.62. The molecule has 5 rings (SSSR count). The maximum atomic E-state index is 12.4. The lowest BCUT2D eigenvalue weighted by Gasteiger charge is -2.07. The molecule has 2 aliphatic rings. The zero-order valence-corrected chi connectivity index (χ0v) is 14.4. The van der Waals surface area contributed by atoms with Gasteiger partial charge >= 0.3 is 5.97 Å². The van der Waals surface area contributed by atoms with Gasteiger partial charge in [0, 0.05) is 17.9 Å².